The van der Waals surface area contributed by atoms with E-state index in [1.807, 2.05) is 0 Å². The van der Waals surface area contributed by atoms with Gasteiger partial charge in [0.15, 0.2) is 0 Å². The first-order valence-corrected chi connectivity index (χ1v) is 9.04. The summed E-state index contributed by atoms with van der Waals surface area (Å²) in [6.45, 7) is 3.98. The molecule has 1 aromatic carbocycles. The summed E-state index contributed by atoms with van der Waals surface area (Å²) in [6, 6.07) is 6.23. The molecule has 2 N–H and O–H groups in total. The van der Waals surface area contributed by atoms with Gasteiger partial charge in [0.05, 0.1) is 12.6 Å². The van der Waals surface area contributed by atoms with E-state index < -0.39 is 0 Å². The number of hydrogen-bond donors (Lipinski definition) is 1. The zero-order valence-electron chi connectivity index (χ0n) is 14.1. The van der Waals surface area contributed by atoms with E-state index in [1.165, 1.54) is 11.1 Å². The highest BCUT2D eigenvalue weighted by atomic mass is 16.5. The van der Waals surface area contributed by atoms with Crippen LogP contribution < -0.4 is 10.5 Å². The third kappa shape index (κ3) is 2.80. The van der Waals surface area contributed by atoms with Crippen LogP contribution in [-0.2, 0) is 22.5 Å². The summed E-state index contributed by atoms with van der Waals surface area (Å²) in [4.78, 5) is 14.6. The Balaban J connectivity index is 1.57. The van der Waals surface area contributed by atoms with E-state index in [9.17, 15) is 4.79 Å². The largest absolute Gasteiger partial charge is 0.493 e. The van der Waals surface area contributed by atoms with Gasteiger partial charge < -0.3 is 15.2 Å². The van der Waals surface area contributed by atoms with E-state index in [0.29, 0.717) is 0 Å². The molecular weight excluding hydrogens is 304 g/mol. The number of rotatable bonds is 3. The summed E-state index contributed by atoms with van der Waals surface area (Å²) in [5.41, 5.74) is 8.39. The Kier molecular flexibility index (Phi) is 4.22. The van der Waals surface area contributed by atoms with Gasteiger partial charge in [-0.3, -0.25) is 9.69 Å². The van der Waals surface area contributed by atoms with Crippen LogP contribution in [0.1, 0.15) is 36.8 Å². The fourth-order valence-corrected chi connectivity index (χ4v) is 4.81. The molecule has 24 heavy (non-hydrogen) atoms. The van der Waals surface area contributed by atoms with Crippen molar-refractivity contribution in [3.05, 3.63) is 29.3 Å². The molecule has 3 aliphatic rings. The lowest BCUT2D eigenvalue weighted by Gasteiger charge is -2.50. The number of primary amides is 1. The molecule has 0 bridgehead atoms. The Morgan fingerprint density at radius 2 is 2.08 bits per heavy atom. The Morgan fingerprint density at radius 1 is 1.25 bits per heavy atom. The van der Waals surface area contributed by atoms with Gasteiger partial charge in [0.1, 0.15) is 5.75 Å². The van der Waals surface area contributed by atoms with E-state index in [0.717, 1.165) is 70.8 Å². The molecule has 0 aromatic heterocycles. The summed E-state index contributed by atoms with van der Waals surface area (Å²) in [5, 5.41) is 0. The summed E-state index contributed by atoms with van der Waals surface area (Å²) in [6.07, 6.45) is 5.06. The molecule has 0 aliphatic carbocycles. The molecule has 1 amide bonds. The topological polar surface area (TPSA) is 64.8 Å². The lowest BCUT2D eigenvalue weighted by molar-refractivity contribution is -0.138. The zero-order chi connectivity index (χ0) is 16.6. The van der Waals surface area contributed by atoms with E-state index in [4.69, 9.17) is 15.2 Å². The van der Waals surface area contributed by atoms with Crippen molar-refractivity contribution < 1.29 is 14.3 Å². The average molecular weight is 330 g/mol. The number of ether oxygens (including phenoxy) is 2. The molecule has 4 rings (SSSR count). The van der Waals surface area contributed by atoms with Gasteiger partial charge in [-0.15, -0.1) is 0 Å². The van der Waals surface area contributed by atoms with Crippen LogP contribution >= 0.6 is 0 Å². The number of likely N-dealkylation sites (tertiary alicyclic amines) is 1. The van der Waals surface area contributed by atoms with Crippen LogP contribution in [0, 0.1) is 5.41 Å². The SMILES string of the molecule is NC(=O)C1N(Cc2ccc3c(c2)CCO3)CCCC12CCOCC2. The van der Waals surface area contributed by atoms with Crippen LogP contribution in [0.25, 0.3) is 0 Å². The van der Waals surface area contributed by atoms with Crippen LogP contribution in [0.3, 0.4) is 0 Å². The molecule has 0 saturated carbocycles. The second-order valence-electron chi connectivity index (χ2n) is 7.39. The molecule has 1 atom stereocenters. The predicted octanol–water partition coefficient (Wildman–Crippen LogP) is 1.87. The molecule has 130 valence electrons. The van der Waals surface area contributed by atoms with Gasteiger partial charge in [-0.1, -0.05) is 12.1 Å². The van der Waals surface area contributed by atoms with Crippen molar-refractivity contribution in [2.75, 3.05) is 26.4 Å². The Labute approximate surface area is 143 Å². The van der Waals surface area contributed by atoms with Crippen LogP contribution in [0.2, 0.25) is 0 Å². The molecular formula is C19H26N2O3. The number of amides is 1. The number of fused-ring (bicyclic) bond motifs is 1. The highest BCUT2D eigenvalue weighted by Crippen LogP contribution is 2.44. The van der Waals surface area contributed by atoms with Crippen molar-refractivity contribution in [2.45, 2.75) is 44.7 Å². The molecule has 1 spiro atoms. The van der Waals surface area contributed by atoms with Gasteiger partial charge in [-0.05, 0) is 54.8 Å². The monoisotopic (exact) mass is 330 g/mol. The number of hydrogen-bond acceptors (Lipinski definition) is 4. The summed E-state index contributed by atoms with van der Waals surface area (Å²) in [5.74, 6) is 0.825. The molecule has 2 fully saturated rings. The fraction of sp³-hybridized carbons (Fsp3) is 0.632. The Morgan fingerprint density at radius 3 is 2.88 bits per heavy atom. The third-order valence-electron chi connectivity index (χ3n) is 5.96. The predicted molar refractivity (Wildman–Crippen MR) is 90.8 cm³/mol. The number of benzene rings is 1. The number of piperidine rings is 1. The number of nitrogens with zero attached hydrogens (tertiary/aromatic N) is 1. The van der Waals surface area contributed by atoms with Crippen molar-refractivity contribution in [3.63, 3.8) is 0 Å². The summed E-state index contributed by atoms with van der Waals surface area (Å²) in [7, 11) is 0. The van der Waals surface area contributed by atoms with E-state index >= 15 is 0 Å². The van der Waals surface area contributed by atoms with E-state index in [1.54, 1.807) is 0 Å². The fourth-order valence-electron chi connectivity index (χ4n) is 4.81. The normalized spacial score (nSPS) is 26.1. The minimum atomic E-state index is -0.181. The summed E-state index contributed by atoms with van der Waals surface area (Å²) >= 11 is 0. The first-order valence-electron chi connectivity index (χ1n) is 9.04. The van der Waals surface area contributed by atoms with Crippen LogP contribution in [0.4, 0.5) is 0 Å². The molecule has 0 radical (unpaired) electrons. The highest BCUT2D eigenvalue weighted by molar-refractivity contribution is 5.81. The van der Waals surface area contributed by atoms with Crippen molar-refractivity contribution in [1.29, 1.82) is 0 Å². The number of nitrogens with two attached hydrogens (primary N) is 1. The molecule has 5 heteroatoms. The molecule has 2 saturated heterocycles. The maximum absolute atomic E-state index is 12.3. The molecule has 1 aromatic rings. The van der Waals surface area contributed by atoms with Crippen LogP contribution in [0.5, 0.6) is 5.75 Å². The standard InChI is InChI=1S/C19H26N2O3/c20-18(22)17-19(6-10-23-11-7-19)5-1-8-21(17)13-14-2-3-16-15(12-14)4-9-24-16/h2-3,12,17H,1,4-11,13H2,(H2,20,22). The molecule has 1 unspecified atom stereocenters. The van der Waals surface area contributed by atoms with Crippen molar-refractivity contribution in [1.82, 2.24) is 4.90 Å². The Hall–Kier alpha value is -1.59. The summed E-state index contributed by atoms with van der Waals surface area (Å²) < 4.78 is 11.1. The molecule has 3 aliphatic heterocycles. The second kappa shape index (κ2) is 6.37. The molecule has 3 heterocycles. The van der Waals surface area contributed by atoms with Crippen LogP contribution in [-0.4, -0.2) is 43.2 Å². The maximum atomic E-state index is 12.3. The number of carbonyl (C=O) groups is 1. The van der Waals surface area contributed by atoms with Crippen molar-refractivity contribution in [2.24, 2.45) is 11.1 Å². The highest BCUT2D eigenvalue weighted by Gasteiger charge is 2.48. The minimum Gasteiger partial charge on any atom is -0.493 e. The lowest BCUT2D eigenvalue weighted by Crippen LogP contribution is -2.59. The number of carbonyl (C=O) groups excluding carboxylic acids is 1. The average Bonchev–Trinajstić information content (AvgIpc) is 3.03. The van der Waals surface area contributed by atoms with Gasteiger partial charge in [-0.25, -0.2) is 0 Å². The Bertz CT molecular complexity index is 620. The zero-order valence-corrected chi connectivity index (χ0v) is 14.1. The van der Waals surface area contributed by atoms with E-state index in [-0.39, 0.29) is 17.4 Å². The first-order chi connectivity index (χ1) is 11.7. The van der Waals surface area contributed by atoms with Gasteiger partial charge in [-0.2, -0.15) is 0 Å². The first kappa shape index (κ1) is 15.9. The minimum absolute atomic E-state index is 0.00215. The van der Waals surface area contributed by atoms with Gasteiger partial charge in [0.2, 0.25) is 5.91 Å². The van der Waals surface area contributed by atoms with Gasteiger partial charge in [0.25, 0.3) is 0 Å². The maximum Gasteiger partial charge on any atom is 0.235 e. The van der Waals surface area contributed by atoms with E-state index in [2.05, 4.69) is 23.1 Å². The van der Waals surface area contributed by atoms with Gasteiger partial charge in [0, 0.05) is 26.2 Å². The smallest absolute Gasteiger partial charge is 0.235 e. The second-order valence-corrected chi connectivity index (χ2v) is 7.39. The third-order valence-corrected chi connectivity index (χ3v) is 5.96. The van der Waals surface area contributed by atoms with Crippen molar-refractivity contribution in [3.8, 4) is 5.75 Å². The van der Waals surface area contributed by atoms with Gasteiger partial charge >= 0.3 is 0 Å². The quantitative estimate of drug-likeness (QED) is 0.919. The van der Waals surface area contributed by atoms with Crippen LogP contribution in [0.15, 0.2) is 18.2 Å². The van der Waals surface area contributed by atoms with Crippen molar-refractivity contribution >= 4 is 5.91 Å². The lowest BCUT2D eigenvalue weighted by atomic mass is 9.67. The molecule has 5 nitrogen and oxygen atoms in total.